The lowest BCUT2D eigenvalue weighted by atomic mass is 9.66. The van der Waals surface area contributed by atoms with Gasteiger partial charge in [0.2, 0.25) is 0 Å². The van der Waals surface area contributed by atoms with Crippen molar-refractivity contribution in [3.63, 3.8) is 0 Å². The Balaban J connectivity index is 0.906. The lowest BCUT2D eigenvalue weighted by Gasteiger charge is -2.40. The average Bonchev–Trinajstić information content (AvgIpc) is 1.58. The van der Waals surface area contributed by atoms with Crippen molar-refractivity contribution in [3.8, 4) is 67.5 Å². The first-order valence-electron chi connectivity index (χ1n) is 29.2. The van der Waals surface area contributed by atoms with E-state index in [1.807, 2.05) is 0 Å². The molecule has 3 aliphatic carbocycles. The van der Waals surface area contributed by atoms with Crippen LogP contribution in [0.4, 0.5) is 17.1 Å². The van der Waals surface area contributed by atoms with Crippen LogP contribution in [0.2, 0.25) is 0 Å². The Bertz CT molecular complexity index is 4540. The minimum absolute atomic E-state index is 0.513. The molecule has 0 fully saturated rings. The van der Waals surface area contributed by atoms with Crippen LogP contribution in [0.15, 0.2) is 309 Å². The number of rotatable bonds is 6. The predicted octanol–water partition coefficient (Wildman–Crippen LogP) is 20.1. The van der Waals surface area contributed by atoms with Crippen LogP contribution >= 0.6 is 0 Å². The molecule has 0 radical (unpaired) electrons. The number of ether oxygens (including phenoxy) is 2. The van der Waals surface area contributed by atoms with Crippen molar-refractivity contribution in [3.05, 3.63) is 376 Å². The number of fused-ring (bicyclic) bond motifs is 21. The molecule has 2 heterocycles. The van der Waals surface area contributed by atoms with Gasteiger partial charge in [-0.1, -0.05) is 261 Å². The first-order valence-corrected chi connectivity index (χ1v) is 29.2. The van der Waals surface area contributed by atoms with Crippen LogP contribution in [0.5, 0.6) is 23.0 Å². The van der Waals surface area contributed by atoms with E-state index < -0.39 is 16.2 Å². The number of hydrogen-bond donors (Lipinski definition) is 0. The normalized spacial score (nSPS) is 14.7. The van der Waals surface area contributed by atoms with E-state index in [9.17, 15) is 0 Å². The number of benzene rings is 13. The minimum atomic E-state index is -0.660. The Labute approximate surface area is 488 Å². The van der Waals surface area contributed by atoms with Gasteiger partial charge in [-0.05, 0) is 126 Å². The summed E-state index contributed by atoms with van der Waals surface area (Å²) in [5.74, 6) is 3.49. The highest BCUT2D eigenvalue weighted by atomic mass is 16.5. The summed E-state index contributed by atoms with van der Waals surface area (Å²) in [6.07, 6.45) is 0. The zero-order valence-electron chi connectivity index (χ0n) is 45.7. The topological polar surface area (TPSA) is 21.7 Å². The lowest BCUT2D eigenvalue weighted by molar-refractivity contribution is 0.436. The average molecular weight is 1070 g/mol. The molecule has 3 nitrogen and oxygen atoms in total. The van der Waals surface area contributed by atoms with Gasteiger partial charge in [0.1, 0.15) is 23.0 Å². The predicted molar refractivity (Wildman–Crippen MR) is 339 cm³/mol. The first kappa shape index (κ1) is 47.0. The zero-order valence-corrected chi connectivity index (χ0v) is 45.7. The molecule has 392 valence electrons. The van der Waals surface area contributed by atoms with Crippen LogP contribution in [-0.4, -0.2) is 0 Å². The van der Waals surface area contributed by atoms with Gasteiger partial charge in [-0.25, -0.2) is 0 Å². The molecule has 0 unspecified atom stereocenters. The third-order valence-electron chi connectivity index (χ3n) is 19.1. The number of hydrogen-bond acceptors (Lipinski definition) is 3. The van der Waals surface area contributed by atoms with Gasteiger partial charge >= 0.3 is 0 Å². The molecular weight excluding hydrogens is 1020 g/mol. The van der Waals surface area contributed by atoms with Crippen molar-refractivity contribution in [1.29, 1.82) is 0 Å². The molecule has 5 aliphatic rings. The maximum Gasteiger partial charge on any atom is 0.132 e. The highest BCUT2D eigenvalue weighted by Crippen LogP contribution is 2.67. The molecule has 2 aliphatic heterocycles. The second kappa shape index (κ2) is 17.6. The summed E-state index contributed by atoms with van der Waals surface area (Å²) in [5, 5.41) is 0. The fourth-order valence-corrected chi connectivity index (χ4v) is 16.1. The summed E-state index contributed by atoms with van der Waals surface area (Å²) in [6, 6.07) is 114. The second-order valence-electron chi connectivity index (χ2n) is 22.8. The van der Waals surface area contributed by atoms with E-state index in [2.05, 4.69) is 314 Å². The first-order chi connectivity index (χ1) is 41.7. The van der Waals surface area contributed by atoms with Crippen molar-refractivity contribution in [1.82, 2.24) is 0 Å². The largest absolute Gasteiger partial charge is 0.457 e. The van der Waals surface area contributed by atoms with E-state index in [0.717, 1.165) is 67.9 Å². The number of para-hydroxylation sites is 4. The van der Waals surface area contributed by atoms with Crippen molar-refractivity contribution in [2.75, 3.05) is 4.90 Å². The Morgan fingerprint density at radius 3 is 0.952 bits per heavy atom. The lowest BCUT2D eigenvalue weighted by Crippen LogP contribution is -2.32. The molecule has 2 spiro atoms. The van der Waals surface area contributed by atoms with E-state index in [4.69, 9.17) is 9.47 Å². The molecule has 18 rings (SSSR count). The summed E-state index contributed by atoms with van der Waals surface area (Å²) in [4.78, 5) is 2.57. The molecule has 13 aromatic carbocycles. The second-order valence-corrected chi connectivity index (χ2v) is 22.8. The van der Waals surface area contributed by atoms with Crippen molar-refractivity contribution >= 4 is 17.1 Å². The van der Waals surface area contributed by atoms with E-state index in [1.165, 1.54) is 83.5 Å². The maximum absolute atomic E-state index is 6.83. The van der Waals surface area contributed by atoms with Gasteiger partial charge in [0.25, 0.3) is 0 Å². The monoisotopic (exact) mass is 1070 g/mol. The summed E-state index contributed by atoms with van der Waals surface area (Å²) < 4.78 is 13.7. The molecule has 0 N–H and O–H groups in total. The van der Waals surface area contributed by atoms with Gasteiger partial charge in [-0.15, -0.1) is 0 Å². The highest BCUT2D eigenvalue weighted by molar-refractivity contribution is 6.04. The molecule has 0 saturated carbocycles. The molecule has 13 aromatic rings. The third-order valence-corrected chi connectivity index (χ3v) is 19.1. The molecular formula is C81H51NO2. The van der Waals surface area contributed by atoms with Gasteiger partial charge in [0.05, 0.1) is 27.6 Å². The van der Waals surface area contributed by atoms with E-state index >= 15 is 0 Å². The molecule has 0 atom stereocenters. The van der Waals surface area contributed by atoms with Crippen molar-refractivity contribution in [2.24, 2.45) is 0 Å². The van der Waals surface area contributed by atoms with Crippen LogP contribution in [0, 0.1) is 0 Å². The Morgan fingerprint density at radius 1 is 0.214 bits per heavy atom. The summed E-state index contributed by atoms with van der Waals surface area (Å²) in [7, 11) is 0. The molecule has 84 heavy (non-hydrogen) atoms. The molecule has 0 aromatic heterocycles. The van der Waals surface area contributed by atoms with Crippen LogP contribution in [-0.2, 0) is 16.2 Å². The van der Waals surface area contributed by atoms with Gasteiger partial charge in [0, 0.05) is 39.1 Å². The van der Waals surface area contributed by atoms with E-state index in [0.29, 0.717) is 0 Å². The molecule has 0 saturated heterocycles. The quantitative estimate of drug-likeness (QED) is 0.166. The molecule has 0 amide bonds. The zero-order chi connectivity index (χ0) is 55.1. The fraction of sp³-hybridized carbons (Fsp3) is 0.0370. The Morgan fingerprint density at radius 2 is 0.524 bits per heavy atom. The van der Waals surface area contributed by atoms with E-state index in [-0.39, 0.29) is 0 Å². The standard InChI is InChI=1S/C81H51NO2/c1-3-24-53(25-4-1)79(54-26-5-2-6-27-54)60-32-10-7-28-57(60)76-56(31-21-39-67(76)79)52-48-50-55(51-49-52)82(70-42-22-40-68-77(70)58-29-8-11-33-61(58)80(68)63-35-13-17-44-72(63)83-73-45-18-14-36-64(73)80)71-43-23-41-69-78(71)59-30-9-12-34-62(59)81(69)65-37-15-19-46-74(65)84-75-47-20-16-38-66(75)81/h1-51H. The summed E-state index contributed by atoms with van der Waals surface area (Å²) in [6.45, 7) is 0. The SMILES string of the molecule is c1ccc(C2(c3ccccc3)c3ccccc3-c3c(-c4ccc(N(c5cccc6c5-c5ccccc5C65c6ccccc6Oc6ccccc65)c5cccc6c5-c5ccccc5C65c6ccccc6Oc6ccccc65)cc4)cccc32)cc1. The smallest absolute Gasteiger partial charge is 0.132 e. The third kappa shape index (κ3) is 5.99. The van der Waals surface area contributed by atoms with Crippen LogP contribution in [0.1, 0.15) is 66.8 Å². The molecule has 3 heteroatoms. The Hall–Kier alpha value is -10.7. The van der Waals surface area contributed by atoms with Gasteiger partial charge in [-0.2, -0.15) is 0 Å². The maximum atomic E-state index is 6.83. The van der Waals surface area contributed by atoms with E-state index in [1.54, 1.807) is 0 Å². The number of nitrogens with zero attached hydrogens (tertiary/aromatic N) is 1. The van der Waals surface area contributed by atoms with Gasteiger partial charge in [0.15, 0.2) is 0 Å². The van der Waals surface area contributed by atoms with Crippen molar-refractivity contribution in [2.45, 2.75) is 16.2 Å². The summed E-state index contributed by atoms with van der Waals surface area (Å²) >= 11 is 0. The van der Waals surface area contributed by atoms with Gasteiger partial charge in [-0.3, -0.25) is 0 Å². The molecule has 0 bridgehead atoms. The number of anilines is 3. The summed E-state index contributed by atoms with van der Waals surface area (Å²) in [5.41, 5.74) is 25.6. The van der Waals surface area contributed by atoms with Crippen LogP contribution in [0.3, 0.4) is 0 Å². The van der Waals surface area contributed by atoms with Crippen LogP contribution < -0.4 is 14.4 Å². The highest BCUT2D eigenvalue weighted by Gasteiger charge is 2.55. The fourth-order valence-electron chi connectivity index (χ4n) is 16.1. The van der Waals surface area contributed by atoms with Crippen molar-refractivity contribution < 1.29 is 9.47 Å². The van der Waals surface area contributed by atoms with Crippen LogP contribution in [0.25, 0.3) is 44.5 Å². The Kier molecular flexibility index (Phi) is 9.86. The minimum Gasteiger partial charge on any atom is -0.457 e. The van der Waals surface area contributed by atoms with Gasteiger partial charge < -0.3 is 14.4 Å².